The number of hydrogen-bond donors (Lipinski definition) is 2. The lowest BCUT2D eigenvalue weighted by molar-refractivity contribution is -0.120. The van der Waals surface area contributed by atoms with Crippen molar-refractivity contribution in [1.82, 2.24) is 10.3 Å². The average molecular weight is 423 g/mol. The van der Waals surface area contributed by atoms with Crippen LogP contribution in [-0.2, 0) is 11.3 Å². The maximum absolute atomic E-state index is 13.1. The molecule has 166 valence electrons. The molecule has 1 fully saturated rings. The molecule has 2 N–H and O–H groups in total. The van der Waals surface area contributed by atoms with E-state index in [2.05, 4.69) is 27.4 Å². The van der Waals surface area contributed by atoms with E-state index in [-0.39, 0.29) is 17.7 Å². The summed E-state index contributed by atoms with van der Waals surface area (Å²) in [6.45, 7) is 6.50. The molecular weight excluding hydrogens is 388 g/mol. The minimum absolute atomic E-state index is 0.000987. The predicted molar refractivity (Wildman–Crippen MR) is 125 cm³/mol. The molecule has 0 radical (unpaired) electrons. The van der Waals surface area contributed by atoms with Crippen LogP contribution in [0.5, 0.6) is 0 Å². The first-order valence-electron chi connectivity index (χ1n) is 11.5. The number of unbranched alkanes of at least 4 members (excludes halogenated alkanes) is 1. The zero-order chi connectivity index (χ0) is 22.1. The smallest absolute Gasteiger partial charge is 0.253 e. The molecule has 1 saturated heterocycles. The third kappa shape index (κ3) is 6.29. The quantitative estimate of drug-likeness (QED) is 0.579. The van der Waals surface area contributed by atoms with E-state index in [1.807, 2.05) is 37.3 Å². The van der Waals surface area contributed by atoms with E-state index in [0.29, 0.717) is 17.8 Å². The molecular formula is C25H34N4O2. The number of nitrogens with one attached hydrogen (secondary N) is 2. The Balaban J connectivity index is 1.77. The Hall–Kier alpha value is -2.89. The maximum atomic E-state index is 13.1. The first kappa shape index (κ1) is 22.8. The van der Waals surface area contributed by atoms with Gasteiger partial charge in [-0.25, -0.2) is 0 Å². The van der Waals surface area contributed by atoms with Gasteiger partial charge in [0.2, 0.25) is 5.91 Å². The summed E-state index contributed by atoms with van der Waals surface area (Å²) in [6, 6.07) is 9.49. The minimum Gasteiger partial charge on any atom is -0.371 e. The third-order valence-electron chi connectivity index (χ3n) is 5.90. The molecule has 2 amide bonds. The Morgan fingerprint density at radius 1 is 1.16 bits per heavy atom. The lowest BCUT2D eigenvalue weighted by Crippen LogP contribution is -2.28. The number of rotatable bonds is 10. The Morgan fingerprint density at radius 2 is 1.97 bits per heavy atom. The van der Waals surface area contributed by atoms with E-state index in [1.165, 1.54) is 0 Å². The summed E-state index contributed by atoms with van der Waals surface area (Å²) in [5, 5.41) is 6.04. The van der Waals surface area contributed by atoms with Crippen LogP contribution in [0.4, 0.5) is 11.4 Å². The van der Waals surface area contributed by atoms with Gasteiger partial charge in [0.25, 0.3) is 5.91 Å². The summed E-state index contributed by atoms with van der Waals surface area (Å²) in [5.74, 6) is -0.104. The summed E-state index contributed by atoms with van der Waals surface area (Å²) in [5.41, 5.74) is 3.15. The SMILES string of the molecule is CCCC[C@H](CC)C(=O)Nc1ccc(N2CCCC2)c(C(=O)NCc2cccnc2)c1. The number of anilines is 2. The standard InChI is InChI=1S/C25H34N4O2/c1-3-5-10-20(4-2)24(30)28-21-11-12-23(29-14-6-7-15-29)22(16-21)25(31)27-18-19-9-8-13-26-17-19/h8-9,11-13,16-17,20H,3-7,10,14-15,18H2,1-2H3,(H,27,31)(H,28,30)/t20-/m0/s1. The van der Waals surface area contributed by atoms with Gasteiger partial charge < -0.3 is 15.5 Å². The minimum atomic E-state index is -0.139. The van der Waals surface area contributed by atoms with Crippen LogP contribution in [0.15, 0.2) is 42.7 Å². The second kappa shape index (κ2) is 11.5. The Bertz CT molecular complexity index is 863. The molecule has 2 aromatic rings. The molecule has 0 saturated carbocycles. The van der Waals surface area contributed by atoms with Gasteiger partial charge >= 0.3 is 0 Å². The molecule has 2 heterocycles. The Kier molecular flexibility index (Phi) is 8.44. The summed E-state index contributed by atoms with van der Waals surface area (Å²) in [4.78, 5) is 32.2. The van der Waals surface area contributed by atoms with Crippen molar-refractivity contribution < 1.29 is 9.59 Å². The van der Waals surface area contributed by atoms with E-state index in [1.54, 1.807) is 12.4 Å². The fraction of sp³-hybridized carbons (Fsp3) is 0.480. The average Bonchev–Trinajstić information content (AvgIpc) is 3.33. The normalized spacial score (nSPS) is 14.3. The van der Waals surface area contributed by atoms with Crippen LogP contribution in [0.2, 0.25) is 0 Å². The molecule has 1 aromatic heterocycles. The number of pyridine rings is 1. The lowest BCUT2D eigenvalue weighted by Gasteiger charge is -2.22. The Labute approximate surface area is 185 Å². The molecule has 6 nitrogen and oxygen atoms in total. The zero-order valence-corrected chi connectivity index (χ0v) is 18.7. The van der Waals surface area contributed by atoms with Gasteiger partial charge in [-0.1, -0.05) is 32.8 Å². The van der Waals surface area contributed by atoms with Gasteiger partial charge in [-0.3, -0.25) is 14.6 Å². The van der Waals surface area contributed by atoms with E-state index < -0.39 is 0 Å². The number of hydrogen-bond acceptors (Lipinski definition) is 4. The second-order valence-corrected chi connectivity index (χ2v) is 8.21. The molecule has 0 bridgehead atoms. The van der Waals surface area contributed by atoms with Gasteiger partial charge in [0.15, 0.2) is 0 Å². The molecule has 0 spiro atoms. The van der Waals surface area contributed by atoms with E-state index in [0.717, 1.165) is 62.9 Å². The summed E-state index contributed by atoms with van der Waals surface area (Å²) >= 11 is 0. The van der Waals surface area contributed by atoms with Crippen molar-refractivity contribution >= 4 is 23.2 Å². The van der Waals surface area contributed by atoms with Crippen LogP contribution >= 0.6 is 0 Å². The zero-order valence-electron chi connectivity index (χ0n) is 18.7. The van der Waals surface area contributed by atoms with E-state index >= 15 is 0 Å². The van der Waals surface area contributed by atoms with Gasteiger partial charge in [0.05, 0.1) is 5.56 Å². The fourth-order valence-corrected chi connectivity index (χ4v) is 4.03. The number of benzene rings is 1. The number of amides is 2. The highest BCUT2D eigenvalue weighted by atomic mass is 16.2. The number of carbonyl (C=O) groups excluding carboxylic acids is 2. The highest BCUT2D eigenvalue weighted by Gasteiger charge is 2.22. The van der Waals surface area contributed by atoms with Crippen molar-refractivity contribution in [2.75, 3.05) is 23.3 Å². The van der Waals surface area contributed by atoms with Gasteiger partial charge in [-0.05, 0) is 55.5 Å². The van der Waals surface area contributed by atoms with Crippen molar-refractivity contribution in [3.05, 3.63) is 53.9 Å². The van der Waals surface area contributed by atoms with E-state index in [4.69, 9.17) is 0 Å². The second-order valence-electron chi connectivity index (χ2n) is 8.21. The number of aromatic nitrogens is 1. The first-order chi connectivity index (χ1) is 15.1. The molecule has 1 aliphatic rings. The van der Waals surface area contributed by atoms with Crippen molar-refractivity contribution in [3.8, 4) is 0 Å². The molecule has 1 atom stereocenters. The summed E-state index contributed by atoms with van der Waals surface area (Å²) < 4.78 is 0. The van der Waals surface area contributed by atoms with E-state index in [9.17, 15) is 9.59 Å². The third-order valence-corrected chi connectivity index (χ3v) is 5.90. The fourth-order valence-electron chi connectivity index (χ4n) is 4.03. The van der Waals surface area contributed by atoms with Crippen molar-refractivity contribution in [1.29, 1.82) is 0 Å². The predicted octanol–water partition coefficient (Wildman–Crippen LogP) is 4.77. The highest BCUT2D eigenvalue weighted by molar-refractivity contribution is 6.02. The summed E-state index contributed by atoms with van der Waals surface area (Å²) in [7, 11) is 0. The van der Waals surface area contributed by atoms with Crippen molar-refractivity contribution in [3.63, 3.8) is 0 Å². The van der Waals surface area contributed by atoms with Gasteiger partial charge in [0.1, 0.15) is 0 Å². The maximum Gasteiger partial charge on any atom is 0.253 e. The van der Waals surface area contributed by atoms with Crippen LogP contribution < -0.4 is 15.5 Å². The lowest BCUT2D eigenvalue weighted by atomic mass is 9.98. The van der Waals surface area contributed by atoms with Crippen LogP contribution in [0.25, 0.3) is 0 Å². The van der Waals surface area contributed by atoms with Crippen molar-refractivity contribution in [2.45, 2.75) is 58.9 Å². The first-order valence-corrected chi connectivity index (χ1v) is 11.5. The molecule has 3 rings (SSSR count). The molecule has 0 unspecified atom stereocenters. The van der Waals surface area contributed by atoms with Crippen LogP contribution in [0.3, 0.4) is 0 Å². The van der Waals surface area contributed by atoms with Gasteiger partial charge in [-0.15, -0.1) is 0 Å². The molecule has 1 aliphatic heterocycles. The molecule has 0 aliphatic carbocycles. The highest BCUT2D eigenvalue weighted by Crippen LogP contribution is 2.28. The van der Waals surface area contributed by atoms with Crippen LogP contribution in [0, 0.1) is 5.92 Å². The van der Waals surface area contributed by atoms with Crippen molar-refractivity contribution in [2.24, 2.45) is 5.92 Å². The van der Waals surface area contributed by atoms with Gasteiger partial charge in [-0.2, -0.15) is 0 Å². The summed E-state index contributed by atoms with van der Waals surface area (Å²) in [6.07, 6.45) is 9.55. The Morgan fingerprint density at radius 3 is 2.65 bits per heavy atom. The van der Waals surface area contributed by atoms with Crippen LogP contribution in [-0.4, -0.2) is 29.9 Å². The molecule has 31 heavy (non-hydrogen) atoms. The molecule has 6 heteroatoms. The number of carbonyl (C=O) groups is 2. The topological polar surface area (TPSA) is 74.3 Å². The largest absolute Gasteiger partial charge is 0.371 e. The number of nitrogens with zero attached hydrogens (tertiary/aromatic N) is 2. The monoisotopic (exact) mass is 422 g/mol. The van der Waals surface area contributed by atoms with Gasteiger partial charge in [0, 0.05) is 49.3 Å². The molecule has 1 aromatic carbocycles. The van der Waals surface area contributed by atoms with Crippen LogP contribution in [0.1, 0.15) is 68.3 Å².